The van der Waals surface area contributed by atoms with Crippen molar-refractivity contribution in [1.29, 1.82) is 0 Å². The molecule has 0 N–H and O–H groups in total. The van der Waals surface area contributed by atoms with E-state index in [1.807, 2.05) is 38.1 Å². The Bertz CT molecular complexity index is 542. The third-order valence-corrected chi connectivity index (χ3v) is 5.10. The van der Waals surface area contributed by atoms with Crippen LogP contribution in [0.2, 0.25) is 0 Å². The molecular formula is C17H24BrF2NO4. The fraction of sp³-hybridized carbons (Fsp3) is 0.647. The Labute approximate surface area is 155 Å². The SMILES string of the molecule is CCN(CC)C1(Br)OC1C(F)(F)OCCOCc1ccc(OC)cc1. The first-order chi connectivity index (χ1) is 11.9. The van der Waals surface area contributed by atoms with Crippen LogP contribution in [0.4, 0.5) is 8.78 Å². The summed E-state index contributed by atoms with van der Waals surface area (Å²) in [6.45, 7) is 5.13. The van der Waals surface area contributed by atoms with Crippen LogP contribution in [0, 0.1) is 0 Å². The minimum absolute atomic E-state index is 0.0644. The van der Waals surface area contributed by atoms with Crippen molar-refractivity contribution in [2.45, 2.75) is 37.3 Å². The second kappa shape index (κ2) is 8.73. The number of hydrogen-bond donors (Lipinski definition) is 0. The summed E-state index contributed by atoms with van der Waals surface area (Å²) in [5.74, 6) is 0.752. The average Bonchev–Trinajstić information content (AvgIpc) is 3.30. The van der Waals surface area contributed by atoms with E-state index in [1.165, 1.54) is 0 Å². The molecule has 1 saturated heterocycles. The highest BCUT2D eigenvalue weighted by molar-refractivity contribution is 9.10. The van der Waals surface area contributed by atoms with E-state index in [2.05, 4.69) is 15.9 Å². The lowest BCUT2D eigenvalue weighted by Gasteiger charge is -2.23. The molecule has 0 spiro atoms. The van der Waals surface area contributed by atoms with Crippen LogP contribution >= 0.6 is 15.9 Å². The zero-order chi connectivity index (χ0) is 18.5. The highest BCUT2D eigenvalue weighted by atomic mass is 79.9. The minimum Gasteiger partial charge on any atom is -0.497 e. The van der Waals surface area contributed by atoms with Crippen molar-refractivity contribution in [2.75, 3.05) is 33.4 Å². The fourth-order valence-electron chi connectivity index (χ4n) is 2.53. The van der Waals surface area contributed by atoms with Crippen LogP contribution in [0.1, 0.15) is 19.4 Å². The van der Waals surface area contributed by atoms with Crippen LogP contribution in [0.25, 0.3) is 0 Å². The van der Waals surface area contributed by atoms with Gasteiger partial charge < -0.3 is 18.9 Å². The summed E-state index contributed by atoms with van der Waals surface area (Å²) in [4.78, 5) is 1.77. The van der Waals surface area contributed by atoms with Gasteiger partial charge in [-0.3, -0.25) is 4.90 Å². The van der Waals surface area contributed by atoms with Crippen molar-refractivity contribution in [1.82, 2.24) is 4.90 Å². The topological polar surface area (TPSA) is 43.5 Å². The molecule has 2 rings (SSSR count). The van der Waals surface area contributed by atoms with Crippen LogP contribution in [0.3, 0.4) is 0 Å². The first kappa shape index (κ1) is 20.5. The quantitative estimate of drug-likeness (QED) is 0.235. The van der Waals surface area contributed by atoms with Crippen molar-refractivity contribution in [3.63, 3.8) is 0 Å². The second-order valence-electron chi connectivity index (χ2n) is 5.59. The largest absolute Gasteiger partial charge is 0.497 e. The molecule has 0 aliphatic carbocycles. The van der Waals surface area contributed by atoms with E-state index >= 15 is 0 Å². The van der Waals surface area contributed by atoms with Gasteiger partial charge in [-0.05, 0) is 46.7 Å². The van der Waals surface area contributed by atoms with Gasteiger partial charge in [-0.2, -0.15) is 8.78 Å². The summed E-state index contributed by atoms with van der Waals surface area (Å²) in [6, 6.07) is 7.35. The molecule has 0 saturated carbocycles. The lowest BCUT2D eigenvalue weighted by atomic mass is 10.2. The van der Waals surface area contributed by atoms with Crippen LogP contribution in [0.5, 0.6) is 5.75 Å². The van der Waals surface area contributed by atoms with Crippen molar-refractivity contribution in [3.05, 3.63) is 29.8 Å². The maximum atomic E-state index is 14.1. The smallest absolute Gasteiger partial charge is 0.387 e. The molecule has 1 aliphatic heterocycles. The molecule has 2 atom stereocenters. The van der Waals surface area contributed by atoms with Gasteiger partial charge in [0.2, 0.25) is 10.7 Å². The van der Waals surface area contributed by atoms with E-state index in [4.69, 9.17) is 18.9 Å². The molecule has 5 nitrogen and oxygen atoms in total. The van der Waals surface area contributed by atoms with E-state index in [9.17, 15) is 8.78 Å². The summed E-state index contributed by atoms with van der Waals surface area (Å²) in [7, 11) is 1.59. The monoisotopic (exact) mass is 423 g/mol. The van der Waals surface area contributed by atoms with E-state index < -0.39 is 16.8 Å². The normalized spacial score (nSPS) is 23.1. The first-order valence-corrected chi connectivity index (χ1v) is 9.00. The molecule has 25 heavy (non-hydrogen) atoms. The van der Waals surface area contributed by atoms with Gasteiger partial charge in [0.1, 0.15) is 5.75 Å². The average molecular weight is 424 g/mol. The van der Waals surface area contributed by atoms with Crippen molar-refractivity contribution >= 4 is 15.9 Å². The fourth-order valence-corrected chi connectivity index (χ4v) is 3.48. The number of nitrogens with zero attached hydrogens (tertiary/aromatic N) is 1. The van der Waals surface area contributed by atoms with Crippen molar-refractivity contribution in [3.8, 4) is 5.75 Å². The Morgan fingerprint density at radius 1 is 1.20 bits per heavy atom. The second-order valence-corrected chi connectivity index (χ2v) is 6.73. The summed E-state index contributed by atoms with van der Waals surface area (Å²) in [5.41, 5.74) is 0.930. The minimum atomic E-state index is -3.38. The summed E-state index contributed by atoms with van der Waals surface area (Å²) in [5, 5.41) is 0. The summed E-state index contributed by atoms with van der Waals surface area (Å²) in [6.07, 6.45) is -4.71. The number of hydrogen-bond acceptors (Lipinski definition) is 5. The molecule has 1 heterocycles. The lowest BCUT2D eigenvalue weighted by Crippen LogP contribution is -2.41. The molecule has 1 aromatic carbocycles. The van der Waals surface area contributed by atoms with Crippen LogP contribution in [-0.2, 0) is 20.8 Å². The van der Waals surface area contributed by atoms with Gasteiger partial charge in [0.05, 0.1) is 26.9 Å². The standard InChI is InChI=1S/C17H24BrF2NO4/c1-4-21(5-2)16(18)15(25-16)17(19,20)24-11-10-23-12-13-6-8-14(22-3)9-7-13/h6-9,15H,4-5,10-12H2,1-3H3. The van der Waals surface area contributed by atoms with E-state index in [0.29, 0.717) is 19.7 Å². The Kier molecular flexibility index (Phi) is 7.16. The lowest BCUT2D eigenvalue weighted by molar-refractivity contribution is -0.254. The molecule has 1 aliphatic rings. The number of ether oxygens (including phenoxy) is 4. The highest BCUT2D eigenvalue weighted by Crippen LogP contribution is 2.52. The van der Waals surface area contributed by atoms with Gasteiger partial charge in [-0.15, -0.1) is 0 Å². The number of methoxy groups -OCH3 is 1. The predicted octanol–water partition coefficient (Wildman–Crippen LogP) is 3.61. The number of halogens is 3. The molecular weight excluding hydrogens is 400 g/mol. The van der Waals surface area contributed by atoms with Crippen LogP contribution in [-0.4, -0.2) is 55.2 Å². The Hall–Kier alpha value is -0.800. The van der Waals surface area contributed by atoms with E-state index in [1.54, 1.807) is 12.0 Å². The maximum Gasteiger partial charge on any atom is 0.387 e. The van der Waals surface area contributed by atoms with Crippen LogP contribution < -0.4 is 4.74 Å². The zero-order valence-electron chi connectivity index (χ0n) is 14.6. The summed E-state index contributed by atoms with van der Waals surface area (Å²) < 4.78 is 47.4. The first-order valence-electron chi connectivity index (χ1n) is 8.21. The Morgan fingerprint density at radius 2 is 1.84 bits per heavy atom. The Morgan fingerprint density at radius 3 is 2.40 bits per heavy atom. The molecule has 0 amide bonds. The van der Waals surface area contributed by atoms with Gasteiger partial charge >= 0.3 is 6.11 Å². The number of rotatable bonds is 11. The zero-order valence-corrected chi connectivity index (χ0v) is 16.2. The molecule has 1 fully saturated rings. The Balaban J connectivity index is 1.70. The van der Waals surface area contributed by atoms with Gasteiger partial charge in [0, 0.05) is 0 Å². The molecule has 0 radical (unpaired) electrons. The molecule has 8 heteroatoms. The van der Waals surface area contributed by atoms with E-state index in [0.717, 1.165) is 11.3 Å². The van der Waals surface area contributed by atoms with Gasteiger partial charge in [-0.25, -0.2) is 0 Å². The molecule has 2 unspecified atom stereocenters. The molecule has 142 valence electrons. The van der Waals surface area contributed by atoms with Gasteiger partial charge in [0.25, 0.3) is 0 Å². The number of likely N-dealkylation sites (N-methyl/N-ethyl adjacent to an activating group) is 1. The van der Waals surface area contributed by atoms with E-state index in [-0.39, 0.29) is 13.2 Å². The van der Waals surface area contributed by atoms with Crippen LogP contribution in [0.15, 0.2) is 24.3 Å². The number of alkyl halides is 3. The third-order valence-electron chi connectivity index (χ3n) is 4.00. The van der Waals surface area contributed by atoms with Gasteiger partial charge in [-0.1, -0.05) is 26.0 Å². The summed E-state index contributed by atoms with van der Waals surface area (Å²) >= 11 is 3.25. The number of epoxide rings is 1. The van der Waals surface area contributed by atoms with Crippen molar-refractivity contribution in [2.24, 2.45) is 0 Å². The van der Waals surface area contributed by atoms with Gasteiger partial charge in [0.15, 0.2) is 0 Å². The molecule has 0 aromatic heterocycles. The third kappa shape index (κ3) is 5.10. The molecule has 1 aromatic rings. The predicted molar refractivity (Wildman–Crippen MR) is 93.0 cm³/mol. The maximum absolute atomic E-state index is 14.1. The molecule has 0 bridgehead atoms. The van der Waals surface area contributed by atoms with Crippen molar-refractivity contribution < 1.29 is 27.7 Å². The highest BCUT2D eigenvalue weighted by Gasteiger charge is 2.70. The number of benzene rings is 1.